The Hall–Kier alpha value is -2.97. The predicted molar refractivity (Wildman–Crippen MR) is 115 cm³/mol. The van der Waals surface area contributed by atoms with Crippen molar-refractivity contribution in [1.82, 2.24) is 9.97 Å². The summed E-state index contributed by atoms with van der Waals surface area (Å²) in [5, 5.41) is 8.99. The predicted octanol–water partition coefficient (Wildman–Crippen LogP) is 5.46. The van der Waals surface area contributed by atoms with Crippen molar-refractivity contribution < 1.29 is 9.53 Å². The Labute approximate surface area is 170 Å². The Morgan fingerprint density at radius 2 is 1.93 bits per heavy atom. The number of aryl methyl sites for hydroxylation is 1. The van der Waals surface area contributed by atoms with Gasteiger partial charge in [-0.05, 0) is 49.7 Å². The molecule has 142 valence electrons. The van der Waals surface area contributed by atoms with Crippen LogP contribution in [0.5, 0.6) is 5.75 Å². The Kier molecular flexibility index (Phi) is 5.23. The molecule has 4 rings (SSSR count). The summed E-state index contributed by atoms with van der Waals surface area (Å²) < 4.78 is 6.48. The molecule has 28 heavy (non-hydrogen) atoms. The highest BCUT2D eigenvalue weighted by Crippen LogP contribution is 2.29. The number of ether oxygens (including phenoxy) is 1. The summed E-state index contributed by atoms with van der Waals surface area (Å²) >= 11 is 2.83. The van der Waals surface area contributed by atoms with Crippen molar-refractivity contribution in [3.05, 3.63) is 59.1 Å². The van der Waals surface area contributed by atoms with Crippen LogP contribution in [0.15, 0.2) is 47.8 Å². The molecule has 8 heteroatoms. The number of hydrogen-bond acceptors (Lipinski definition) is 7. The number of carbonyl (C=O) groups excluding carboxylic acids is 1. The summed E-state index contributed by atoms with van der Waals surface area (Å²) in [6, 6.07) is 13.6. The molecule has 0 atom stereocenters. The zero-order valence-corrected chi connectivity index (χ0v) is 17.0. The normalized spacial score (nSPS) is 10.8. The van der Waals surface area contributed by atoms with Gasteiger partial charge in [0.1, 0.15) is 11.4 Å². The summed E-state index contributed by atoms with van der Waals surface area (Å²) in [5.41, 5.74) is 3.24. The number of rotatable bonds is 6. The first kappa shape index (κ1) is 18.4. The van der Waals surface area contributed by atoms with Crippen LogP contribution in [0.4, 0.5) is 16.0 Å². The van der Waals surface area contributed by atoms with E-state index in [0.717, 1.165) is 27.2 Å². The summed E-state index contributed by atoms with van der Waals surface area (Å²) in [6.07, 6.45) is 0. The second-order valence-corrected chi connectivity index (χ2v) is 7.90. The van der Waals surface area contributed by atoms with E-state index in [1.165, 1.54) is 22.7 Å². The van der Waals surface area contributed by atoms with Crippen molar-refractivity contribution in [2.75, 3.05) is 17.2 Å². The molecule has 0 aliphatic carbocycles. The molecule has 6 nitrogen and oxygen atoms in total. The fourth-order valence-corrected chi connectivity index (χ4v) is 4.31. The molecule has 0 spiro atoms. The zero-order chi connectivity index (χ0) is 19.5. The van der Waals surface area contributed by atoms with Crippen LogP contribution in [-0.4, -0.2) is 22.5 Å². The topological polar surface area (TPSA) is 76.1 Å². The third-order valence-corrected chi connectivity index (χ3v) is 5.69. The second-order valence-electron chi connectivity index (χ2n) is 6.02. The monoisotopic (exact) mass is 410 g/mol. The highest BCUT2D eigenvalue weighted by molar-refractivity contribution is 7.22. The molecule has 0 bridgehead atoms. The van der Waals surface area contributed by atoms with Gasteiger partial charge in [0.15, 0.2) is 10.3 Å². The van der Waals surface area contributed by atoms with E-state index in [-0.39, 0.29) is 5.91 Å². The van der Waals surface area contributed by atoms with Gasteiger partial charge in [0.25, 0.3) is 5.91 Å². The zero-order valence-electron chi connectivity index (χ0n) is 15.4. The van der Waals surface area contributed by atoms with Crippen LogP contribution in [0.25, 0.3) is 10.2 Å². The first-order valence-electron chi connectivity index (χ1n) is 8.75. The number of aromatic nitrogens is 2. The van der Waals surface area contributed by atoms with Crippen LogP contribution in [0.3, 0.4) is 0 Å². The van der Waals surface area contributed by atoms with E-state index >= 15 is 0 Å². The van der Waals surface area contributed by atoms with Gasteiger partial charge >= 0.3 is 0 Å². The fraction of sp³-hybridized carbons (Fsp3) is 0.150. The summed E-state index contributed by atoms with van der Waals surface area (Å²) in [5.74, 6) is 0.547. The Morgan fingerprint density at radius 1 is 1.11 bits per heavy atom. The molecule has 1 amide bonds. The third kappa shape index (κ3) is 3.97. The lowest BCUT2D eigenvalue weighted by atomic mass is 10.2. The molecule has 0 radical (unpaired) electrons. The molecule has 0 aliphatic rings. The van der Waals surface area contributed by atoms with Crippen molar-refractivity contribution in [1.29, 1.82) is 0 Å². The van der Waals surface area contributed by atoms with Crippen LogP contribution in [0.1, 0.15) is 23.0 Å². The van der Waals surface area contributed by atoms with Gasteiger partial charge < -0.3 is 10.1 Å². The minimum atomic E-state index is -0.271. The van der Waals surface area contributed by atoms with Gasteiger partial charge in [-0.1, -0.05) is 23.5 Å². The lowest BCUT2D eigenvalue weighted by molar-refractivity contribution is 0.102. The maximum absolute atomic E-state index is 12.5. The molecule has 4 aromatic rings. The number of anilines is 3. The molecule has 0 unspecified atom stereocenters. The number of fused-ring (bicyclic) bond motifs is 1. The van der Waals surface area contributed by atoms with Crippen molar-refractivity contribution in [2.45, 2.75) is 13.8 Å². The smallest absolute Gasteiger partial charge is 0.276 e. The highest BCUT2D eigenvalue weighted by atomic mass is 32.1. The van der Waals surface area contributed by atoms with Gasteiger partial charge in [0, 0.05) is 11.1 Å². The van der Waals surface area contributed by atoms with Crippen LogP contribution in [0.2, 0.25) is 0 Å². The van der Waals surface area contributed by atoms with Crippen LogP contribution < -0.4 is 15.4 Å². The van der Waals surface area contributed by atoms with E-state index in [1.54, 1.807) is 5.38 Å². The van der Waals surface area contributed by atoms with Gasteiger partial charge in [-0.2, -0.15) is 0 Å². The van der Waals surface area contributed by atoms with Crippen molar-refractivity contribution in [3.63, 3.8) is 0 Å². The molecular formula is C20H18N4O2S2. The standard InChI is InChI=1S/C20H18N4O2S2/c1-3-26-14-9-7-13(8-10-14)21-19-22-15(11-27-19)18(25)24-20-23-17-12(2)5-4-6-16(17)28-20/h4-11H,3H2,1-2H3,(H,21,22)(H,23,24,25). The van der Waals surface area contributed by atoms with Gasteiger partial charge in [-0.3, -0.25) is 10.1 Å². The number of nitrogens with one attached hydrogen (secondary N) is 2. The molecule has 0 saturated heterocycles. The van der Waals surface area contributed by atoms with E-state index in [1.807, 2.05) is 56.3 Å². The van der Waals surface area contributed by atoms with E-state index < -0.39 is 0 Å². The third-order valence-electron chi connectivity index (χ3n) is 3.99. The number of benzene rings is 2. The van der Waals surface area contributed by atoms with Crippen LogP contribution in [-0.2, 0) is 0 Å². The van der Waals surface area contributed by atoms with Crippen LogP contribution >= 0.6 is 22.7 Å². The minimum absolute atomic E-state index is 0.271. The maximum Gasteiger partial charge on any atom is 0.276 e. The molecule has 2 aromatic carbocycles. The van der Waals surface area contributed by atoms with Crippen LogP contribution in [0, 0.1) is 6.92 Å². The van der Waals surface area contributed by atoms with Gasteiger partial charge in [0.2, 0.25) is 0 Å². The molecule has 2 aromatic heterocycles. The van der Waals surface area contributed by atoms with Gasteiger partial charge in [-0.15, -0.1) is 11.3 Å². The average molecular weight is 411 g/mol. The molecule has 2 heterocycles. The lowest BCUT2D eigenvalue weighted by Gasteiger charge is -2.05. The molecule has 2 N–H and O–H groups in total. The van der Waals surface area contributed by atoms with Gasteiger partial charge in [0.05, 0.1) is 16.8 Å². The largest absolute Gasteiger partial charge is 0.494 e. The quantitative estimate of drug-likeness (QED) is 0.442. The van der Waals surface area contributed by atoms with E-state index in [9.17, 15) is 4.79 Å². The van der Waals surface area contributed by atoms with E-state index in [2.05, 4.69) is 20.6 Å². The number of thiazole rings is 2. The minimum Gasteiger partial charge on any atom is -0.494 e. The van der Waals surface area contributed by atoms with E-state index in [0.29, 0.717) is 22.6 Å². The van der Waals surface area contributed by atoms with Crippen molar-refractivity contribution in [3.8, 4) is 5.75 Å². The van der Waals surface area contributed by atoms with Crippen molar-refractivity contribution in [2.24, 2.45) is 0 Å². The molecular weight excluding hydrogens is 392 g/mol. The highest BCUT2D eigenvalue weighted by Gasteiger charge is 2.14. The summed E-state index contributed by atoms with van der Waals surface area (Å²) in [4.78, 5) is 21.4. The Balaban J connectivity index is 1.44. The number of amides is 1. The van der Waals surface area contributed by atoms with E-state index in [4.69, 9.17) is 4.74 Å². The van der Waals surface area contributed by atoms with Gasteiger partial charge in [-0.25, -0.2) is 9.97 Å². The summed E-state index contributed by atoms with van der Waals surface area (Å²) in [6.45, 7) is 4.59. The number of nitrogens with zero attached hydrogens (tertiary/aromatic N) is 2. The maximum atomic E-state index is 12.5. The fourth-order valence-electron chi connectivity index (χ4n) is 2.66. The molecule has 0 fully saturated rings. The number of hydrogen-bond donors (Lipinski definition) is 2. The van der Waals surface area contributed by atoms with Crippen molar-refractivity contribution >= 4 is 54.7 Å². The molecule has 0 saturated carbocycles. The summed E-state index contributed by atoms with van der Waals surface area (Å²) in [7, 11) is 0. The lowest BCUT2D eigenvalue weighted by Crippen LogP contribution is -2.12. The Bertz CT molecular complexity index is 1120. The first-order valence-corrected chi connectivity index (χ1v) is 10.4. The second kappa shape index (κ2) is 7.95. The number of para-hydroxylation sites is 1. The first-order chi connectivity index (χ1) is 13.6. The number of carbonyl (C=O) groups is 1. The molecule has 0 aliphatic heterocycles. The average Bonchev–Trinajstić information content (AvgIpc) is 3.31. The Morgan fingerprint density at radius 3 is 2.68 bits per heavy atom. The SMILES string of the molecule is CCOc1ccc(Nc2nc(C(=O)Nc3nc4c(C)cccc4s3)cs2)cc1.